The summed E-state index contributed by atoms with van der Waals surface area (Å²) in [5.41, 5.74) is 1.58. The summed E-state index contributed by atoms with van der Waals surface area (Å²) in [6.07, 6.45) is 1.40. The van der Waals surface area contributed by atoms with Crippen molar-refractivity contribution >= 4 is 67.9 Å². The molecule has 38 heavy (non-hydrogen) atoms. The molecule has 4 aromatic carbocycles. The van der Waals surface area contributed by atoms with Crippen molar-refractivity contribution < 1.29 is 23.9 Å². The summed E-state index contributed by atoms with van der Waals surface area (Å²) < 4.78 is 12.3. The van der Waals surface area contributed by atoms with Crippen LogP contribution in [-0.4, -0.2) is 25.0 Å². The molecule has 1 heterocycles. The zero-order chi connectivity index (χ0) is 26.8. The van der Waals surface area contributed by atoms with E-state index in [1.54, 1.807) is 24.3 Å². The molecule has 1 aliphatic heterocycles. The van der Waals surface area contributed by atoms with E-state index in [0.29, 0.717) is 33.2 Å². The molecule has 7 nitrogen and oxygen atoms in total. The minimum atomic E-state index is -0.838. The Labute approximate surface area is 231 Å². The number of barbiturate groups is 1. The predicted octanol–water partition coefficient (Wildman–Crippen LogP) is 6.51. The molecular formula is C29H20BrClN2O5. The Morgan fingerprint density at radius 2 is 1.71 bits per heavy atom. The Hall–Kier alpha value is -4.14. The highest BCUT2D eigenvalue weighted by Gasteiger charge is 2.36. The van der Waals surface area contributed by atoms with Crippen LogP contribution in [0.4, 0.5) is 10.5 Å². The van der Waals surface area contributed by atoms with Crippen molar-refractivity contribution in [3.8, 4) is 11.5 Å². The summed E-state index contributed by atoms with van der Waals surface area (Å²) in [6, 6.07) is 22.7. The van der Waals surface area contributed by atoms with Gasteiger partial charge in [0.25, 0.3) is 11.8 Å². The van der Waals surface area contributed by atoms with Crippen LogP contribution in [0.3, 0.4) is 0 Å². The maximum Gasteiger partial charge on any atom is 0.335 e. The smallest absolute Gasteiger partial charge is 0.335 e. The first-order valence-electron chi connectivity index (χ1n) is 11.5. The van der Waals surface area contributed by atoms with Crippen LogP contribution in [0.1, 0.15) is 11.1 Å². The number of anilines is 1. The Bertz CT molecular complexity index is 1610. The van der Waals surface area contributed by atoms with Gasteiger partial charge in [-0.05, 0) is 80.3 Å². The fourth-order valence-electron chi connectivity index (χ4n) is 4.18. The summed E-state index contributed by atoms with van der Waals surface area (Å²) in [5.74, 6) is -0.676. The van der Waals surface area contributed by atoms with E-state index < -0.39 is 17.8 Å². The highest BCUT2D eigenvalue weighted by Crippen LogP contribution is 2.38. The van der Waals surface area contributed by atoms with Gasteiger partial charge in [-0.1, -0.05) is 54.1 Å². The molecule has 0 atom stereocenters. The highest BCUT2D eigenvalue weighted by molar-refractivity contribution is 9.10. The predicted molar refractivity (Wildman–Crippen MR) is 149 cm³/mol. The summed E-state index contributed by atoms with van der Waals surface area (Å²) in [7, 11) is 1.50. The van der Waals surface area contributed by atoms with Crippen LogP contribution in [0.15, 0.2) is 88.9 Å². The molecule has 4 amide bonds. The van der Waals surface area contributed by atoms with Gasteiger partial charge in [-0.25, -0.2) is 9.69 Å². The average Bonchev–Trinajstić information content (AvgIpc) is 2.91. The molecule has 0 radical (unpaired) electrons. The summed E-state index contributed by atoms with van der Waals surface area (Å²) >= 11 is 9.45. The number of carbonyl (C=O) groups is 3. The number of nitrogens with zero attached hydrogens (tertiary/aromatic N) is 1. The van der Waals surface area contributed by atoms with Gasteiger partial charge < -0.3 is 9.47 Å². The van der Waals surface area contributed by atoms with Gasteiger partial charge >= 0.3 is 6.03 Å². The maximum atomic E-state index is 13.2. The Morgan fingerprint density at radius 1 is 0.974 bits per heavy atom. The van der Waals surface area contributed by atoms with Crippen LogP contribution in [0.2, 0.25) is 5.02 Å². The molecule has 1 aliphatic rings. The molecule has 5 rings (SSSR count). The molecule has 4 aromatic rings. The number of amides is 4. The van der Waals surface area contributed by atoms with Gasteiger partial charge in [-0.15, -0.1) is 0 Å². The van der Waals surface area contributed by atoms with E-state index in [9.17, 15) is 14.4 Å². The van der Waals surface area contributed by atoms with Crippen molar-refractivity contribution in [1.29, 1.82) is 0 Å². The van der Waals surface area contributed by atoms with Crippen molar-refractivity contribution in [2.24, 2.45) is 0 Å². The van der Waals surface area contributed by atoms with E-state index in [4.69, 9.17) is 21.1 Å². The Balaban J connectivity index is 1.44. The number of methoxy groups -OCH3 is 1. The van der Waals surface area contributed by atoms with Crippen LogP contribution < -0.4 is 19.7 Å². The van der Waals surface area contributed by atoms with Crippen LogP contribution >= 0.6 is 27.5 Å². The molecular weight excluding hydrogens is 572 g/mol. The third-order valence-electron chi connectivity index (χ3n) is 6.00. The number of hydrogen-bond acceptors (Lipinski definition) is 5. The van der Waals surface area contributed by atoms with Gasteiger partial charge in [-0.2, -0.15) is 0 Å². The lowest BCUT2D eigenvalue weighted by atomic mass is 10.1. The summed E-state index contributed by atoms with van der Waals surface area (Å²) in [6.45, 7) is 0.301. The van der Waals surface area contributed by atoms with Crippen molar-refractivity contribution in [2.45, 2.75) is 6.61 Å². The van der Waals surface area contributed by atoms with Gasteiger partial charge in [-0.3, -0.25) is 14.9 Å². The van der Waals surface area contributed by atoms with Gasteiger partial charge in [0.15, 0.2) is 11.5 Å². The highest BCUT2D eigenvalue weighted by atomic mass is 79.9. The second-order valence-electron chi connectivity index (χ2n) is 8.40. The number of rotatable bonds is 6. The lowest BCUT2D eigenvalue weighted by Gasteiger charge is -2.26. The largest absolute Gasteiger partial charge is 0.493 e. The molecule has 1 saturated heterocycles. The minimum Gasteiger partial charge on any atom is -0.493 e. The van der Waals surface area contributed by atoms with Crippen LogP contribution in [0, 0.1) is 0 Å². The number of halogens is 2. The summed E-state index contributed by atoms with van der Waals surface area (Å²) in [5, 5.41) is 4.86. The molecule has 9 heteroatoms. The molecule has 190 valence electrons. The van der Waals surface area contributed by atoms with Crippen molar-refractivity contribution in [2.75, 3.05) is 12.0 Å². The van der Waals surface area contributed by atoms with E-state index in [2.05, 4.69) is 21.2 Å². The summed E-state index contributed by atoms with van der Waals surface area (Å²) in [4.78, 5) is 39.1. The number of fused-ring (bicyclic) bond motifs is 1. The molecule has 0 aromatic heterocycles. The molecule has 0 saturated carbocycles. The minimum absolute atomic E-state index is 0.210. The number of ether oxygens (including phenoxy) is 2. The number of urea groups is 1. The topological polar surface area (TPSA) is 84.9 Å². The first-order chi connectivity index (χ1) is 18.4. The quantitative estimate of drug-likeness (QED) is 0.204. The van der Waals surface area contributed by atoms with E-state index in [0.717, 1.165) is 21.2 Å². The fourth-order valence-corrected chi connectivity index (χ4v) is 4.88. The fraction of sp³-hybridized carbons (Fsp3) is 0.0690. The molecule has 1 N–H and O–H groups in total. The number of benzene rings is 4. The van der Waals surface area contributed by atoms with E-state index in [-0.39, 0.29) is 11.3 Å². The number of carbonyl (C=O) groups excluding carboxylic acids is 3. The molecule has 0 spiro atoms. The van der Waals surface area contributed by atoms with Gasteiger partial charge in [0, 0.05) is 5.02 Å². The Kier molecular flexibility index (Phi) is 7.18. The zero-order valence-electron chi connectivity index (χ0n) is 20.0. The monoisotopic (exact) mass is 590 g/mol. The third-order valence-corrected chi connectivity index (χ3v) is 6.84. The molecule has 0 bridgehead atoms. The molecule has 0 unspecified atom stereocenters. The van der Waals surface area contributed by atoms with Crippen LogP contribution in [0.5, 0.6) is 11.5 Å². The number of hydrogen-bond donors (Lipinski definition) is 1. The van der Waals surface area contributed by atoms with E-state index in [1.165, 1.54) is 25.3 Å². The second kappa shape index (κ2) is 10.7. The number of imide groups is 2. The lowest BCUT2D eigenvalue weighted by molar-refractivity contribution is -0.122. The average molecular weight is 592 g/mol. The second-order valence-corrected chi connectivity index (χ2v) is 9.69. The van der Waals surface area contributed by atoms with E-state index in [1.807, 2.05) is 42.5 Å². The normalized spacial score (nSPS) is 14.7. The zero-order valence-corrected chi connectivity index (χ0v) is 22.4. The van der Waals surface area contributed by atoms with Gasteiger partial charge in [0.2, 0.25) is 0 Å². The number of nitrogens with one attached hydrogen (secondary N) is 1. The van der Waals surface area contributed by atoms with Crippen LogP contribution in [-0.2, 0) is 16.2 Å². The lowest BCUT2D eigenvalue weighted by Crippen LogP contribution is -2.54. The van der Waals surface area contributed by atoms with Crippen molar-refractivity contribution in [3.63, 3.8) is 0 Å². The van der Waals surface area contributed by atoms with Crippen LogP contribution in [0.25, 0.3) is 16.8 Å². The van der Waals surface area contributed by atoms with Crippen molar-refractivity contribution in [1.82, 2.24) is 5.32 Å². The van der Waals surface area contributed by atoms with Gasteiger partial charge in [0.1, 0.15) is 12.2 Å². The third kappa shape index (κ3) is 5.01. The molecule has 1 fully saturated rings. The standard InChI is InChI=1S/C29H20BrClN2O5/c1-37-25-15-17(13-23-27(34)32-29(36)33(28(23)35)21-11-9-20(31)10-12-21)14-24(30)26(25)38-16-19-7-4-6-18-5-2-3-8-22(18)19/h2-15H,16H2,1H3,(H,32,34,36). The molecule has 0 aliphatic carbocycles. The SMILES string of the molecule is COc1cc(C=C2C(=O)NC(=O)N(c3ccc(Cl)cc3)C2=O)cc(Br)c1OCc1cccc2ccccc12. The maximum absolute atomic E-state index is 13.2. The van der Waals surface area contributed by atoms with E-state index >= 15 is 0 Å². The van der Waals surface area contributed by atoms with Crippen molar-refractivity contribution in [3.05, 3.63) is 105 Å². The first kappa shape index (κ1) is 25.5. The van der Waals surface area contributed by atoms with Gasteiger partial charge in [0.05, 0.1) is 17.3 Å². The Morgan fingerprint density at radius 3 is 2.47 bits per heavy atom. The first-order valence-corrected chi connectivity index (χ1v) is 12.7.